The average molecular weight is 298 g/mol. The van der Waals surface area contributed by atoms with Crippen molar-refractivity contribution in [2.75, 3.05) is 33.2 Å². The molecule has 0 amide bonds. The van der Waals surface area contributed by atoms with Crippen LogP contribution in [0.1, 0.15) is 60.3 Å². The SMILES string of the molecule is CCN1CCCC1CN(C)C(CN)(CC(C)C)CC(C)C. The lowest BCUT2D eigenvalue weighted by Crippen LogP contribution is -2.56. The van der Waals surface area contributed by atoms with E-state index in [9.17, 15) is 0 Å². The van der Waals surface area contributed by atoms with Crippen molar-refractivity contribution < 1.29 is 0 Å². The summed E-state index contributed by atoms with van der Waals surface area (Å²) >= 11 is 0. The van der Waals surface area contributed by atoms with Crippen molar-refractivity contribution in [1.82, 2.24) is 9.80 Å². The third kappa shape index (κ3) is 5.22. The second kappa shape index (κ2) is 8.50. The largest absolute Gasteiger partial charge is 0.329 e. The van der Waals surface area contributed by atoms with Crippen LogP contribution in [-0.4, -0.2) is 54.6 Å². The van der Waals surface area contributed by atoms with Crippen molar-refractivity contribution >= 4 is 0 Å². The molecule has 1 saturated heterocycles. The molecule has 2 N–H and O–H groups in total. The molecule has 0 spiro atoms. The second-order valence-electron chi connectivity index (χ2n) is 7.93. The highest BCUT2D eigenvalue weighted by atomic mass is 15.3. The fraction of sp³-hybridized carbons (Fsp3) is 1.00. The Kier molecular flexibility index (Phi) is 7.66. The fourth-order valence-electron chi connectivity index (χ4n) is 4.27. The molecule has 126 valence electrons. The average Bonchev–Trinajstić information content (AvgIpc) is 2.83. The Labute approximate surface area is 133 Å². The monoisotopic (exact) mass is 297 g/mol. The second-order valence-corrected chi connectivity index (χ2v) is 7.93. The summed E-state index contributed by atoms with van der Waals surface area (Å²) in [7, 11) is 2.31. The molecule has 1 aliphatic heterocycles. The van der Waals surface area contributed by atoms with Crippen molar-refractivity contribution in [3.05, 3.63) is 0 Å². The van der Waals surface area contributed by atoms with Gasteiger partial charge in [0.2, 0.25) is 0 Å². The van der Waals surface area contributed by atoms with Crippen LogP contribution in [0.2, 0.25) is 0 Å². The molecule has 1 atom stereocenters. The summed E-state index contributed by atoms with van der Waals surface area (Å²) in [5.41, 5.74) is 6.46. The van der Waals surface area contributed by atoms with Gasteiger partial charge in [0, 0.05) is 24.7 Å². The van der Waals surface area contributed by atoms with Crippen molar-refractivity contribution in [3.8, 4) is 0 Å². The van der Waals surface area contributed by atoms with Gasteiger partial charge in [0.25, 0.3) is 0 Å². The van der Waals surface area contributed by atoms with Gasteiger partial charge < -0.3 is 5.73 Å². The summed E-state index contributed by atoms with van der Waals surface area (Å²) in [4.78, 5) is 5.24. The third-order valence-corrected chi connectivity index (χ3v) is 5.16. The quantitative estimate of drug-likeness (QED) is 0.709. The molecule has 0 radical (unpaired) electrons. The van der Waals surface area contributed by atoms with Gasteiger partial charge in [-0.3, -0.25) is 9.80 Å². The van der Waals surface area contributed by atoms with Gasteiger partial charge in [-0.05, 0) is 57.7 Å². The smallest absolute Gasteiger partial charge is 0.0334 e. The molecule has 0 aromatic rings. The number of hydrogen-bond acceptors (Lipinski definition) is 3. The Morgan fingerprint density at radius 1 is 1.19 bits per heavy atom. The maximum Gasteiger partial charge on any atom is 0.0334 e. The van der Waals surface area contributed by atoms with Gasteiger partial charge in [0.15, 0.2) is 0 Å². The first kappa shape index (κ1) is 18.9. The number of hydrogen-bond donors (Lipinski definition) is 1. The van der Waals surface area contributed by atoms with Crippen LogP contribution in [0.5, 0.6) is 0 Å². The predicted octanol–water partition coefficient (Wildman–Crippen LogP) is 3.19. The van der Waals surface area contributed by atoms with Gasteiger partial charge in [-0.25, -0.2) is 0 Å². The molecule has 3 nitrogen and oxygen atoms in total. The Hall–Kier alpha value is -0.120. The van der Waals surface area contributed by atoms with E-state index in [1.54, 1.807) is 0 Å². The van der Waals surface area contributed by atoms with Crippen LogP contribution < -0.4 is 5.73 Å². The van der Waals surface area contributed by atoms with E-state index in [2.05, 4.69) is 51.5 Å². The van der Waals surface area contributed by atoms with E-state index in [0.717, 1.165) is 12.6 Å². The van der Waals surface area contributed by atoms with Crippen molar-refractivity contribution in [2.24, 2.45) is 17.6 Å². The lowest BCUT2D eigenvalue weighted by Gasteiger charge is -2.45. The molecule has 1 rings (SSSR count). The van der Waals surface area contributed by atoms with Crippen LogP contribution in [0.15, 0.2) is 0 Å². The molecule has 0 bridgehead atoms. The molecule has 3 heteroatoms. The number of likely N-dealkylation sites (tertiary alicyclic amines) is 1. The minimum Gasteiger partial charge on any atom is -0.329 e. The Bertz CT molecular complexity index is 278. The molecule has 21 heavy (non-hydrogen) atoms. The molecule has 1 heterocycles. The maximum absolute atomic E-state index is 6.29. The summed E-state index contributed by atoms with van der Waals surface area (Å²) in [5, 5.41) is 0. The Balaban J connectivity index is 2.80. The normalized spacial score (nSPS) is 21.1. The first-order chi connectivity index (χ1) is 9.84. The van der Waals surface area contributed by atoms with Gasteiger partial charge in [-0.1, -0.05) is 34.6 Å². The van der Waals surface area contributed by atoms with E-state index in [4.69, 9.17) is 5.73 Å². The minimum absolute atomic E-state index is 0.171. The number of likely N-dealkylation sites (N-methyl/N-ethyl adjacent to an activating group) is 2. The maximum atomic E-state index is 6.29. The topological polar surface area (TPSA) is 32.5 Å². The van der Waals surface area contributed by atoms with Gasteiger partial charge >= 0.3 is 0 Å². The number of nitrogens with two attached hydrogens (primary N) is 1. The molecule has 0 aromatic carbocycles. The first-order valence-corrected chi connectivity index (χ1v) is 9.00. The molecule has 0 aliphatic carbocycles. The summed E-state index contributed by atoms with van der Waals surface area (Å²) in [6.45, 7) is 16.0. The highest BCUT2D eigenvalue weighted by Crippen LogP contribution is 2.31. The zero-order valence-electron chi connectivity index (χ0n) is 15.4. The Morgan fingerprint density at radius 2 is 1.76 bits per heavy atom. The standard InChI is InChI=1S/C18H39N3/c1-7-21-10-8-9-17(21)13-20(6)18(14-19,11-15(2)3)12-16(4)5/h15-17H,7-14,19H2,1-6H3. The van der Waals surface area contributed by atoms with Gasteiger partial charge in [0.05, 0.1) is 0 Å². The highest BCUT2D eigenvalue weighted by molar-refractivity contribution is 4.94. The summed E-state index contributed by atoms with van der Waals surface area (Å²) in [5.74, 6) is 1.39. The van der Waals surface area contributed by atoms with Crippen molar-refractivity contribution in [3.63, 3.8) is 0 Å². The van der Waals surface area contributed by atoms with Crippen LogP contribution >= 0.6 is 0 Å². The third-order valence-electron chi connectivity index (χ3n) is 5.16. The molecule has 0 saturated carbocycles. The molecule has 1 aliphatic rings. The van der Waals surface area contributed by atoms with E-state index >= 15 is 0 Å². The first-order valence-electron chi connectivity index (χ1n) is 9.00. The molecule has 1 unspecified atom stereocenters. The molecular formula is C18H39N3. The lowest BCUT2D eigenvalue weighted by atomic mass is 9.80. The zero-order chi connectivity index (χ0) is 16.0. The van der Waals surface area contributed by atoms with E-state index in [1.807, 2.05) is 0 Å². The van der Waals surface area contributed by atoms with Crippen molar-refractivity contribution in [2.45, 2.75) is 71.9 Å². The summed E-state index contributed by atoms with van der Waals surface area (Å²) in [6, 6.07) is 0.727. The molecule has 1 fully saturated rings. The van der Waals surface area contributed by atoms with Crippen LogP contribution in [0.3, 0.4) is 0 Å². The van der Waals surface area contributed by atoms with E-state index < -0.39 is 0 Å². The van der Waals surface area contributed by atoms with Crippen LogP contribution in [0, 0.1) is 11.8 Å². The Morgan fingerprint density at radius 3 is 2.19 bits per heavy atom. The lowest BCUT2D eigenvalue weighted by molar-refractivity contribution is 0.0551. The highest BCUT2D eigenvalue weighted by Gasteiger charge is 2.37. The van der Waals surface area contributed by atoms with Crippen LogP contribution in [0.25, 0.3) is 0 Å². The number of rotatable bonds is 9. The summed E-state index contributed by atoms with van der Waals surface area (Å²) in [6.07, 6.45) is 5.12. The van der Waals surface area contributed by atoms with Crippen molar-refractivity contribution in [1.29, 1.82) is 0 Å². The van der Waals surface area contributed by atoms with Gasteiger partial charge in [-0.15, -0.1) is 0 Å². The molecular weight excluding hydrogens is 258 g/mol. The van der Waals surface area contributed by atoms with Crippen LogP contribution in [0.4, 0.5) is 0 Å². The number of nitrogens with zero attached hydrogens (tertiary/aromatic N) is 2. The minimum atomic E-state index is 0.171. The van der Waals surface area contributed by atoms with Gasteiger partial charge in [0.1, 0.15) is 0 Å². The van der Waals surface area contributed by atoms with E-state index in [1.165, 1.54) is 45.3 Å². The predicted molar refractivity (Wildman–Crippen MR) is 93.6 cm³/mol. The van der Waals surface area contributed by atoms with Crippen LogP contribution in [-0.2, 0) is 0 Å². The van der Waals surface area contributed by atoms with E-state index in [-0.39, 0.29) is 5.54 Å². The summed E-state index contributed by atoms with van der Waals surface area (Å²) < 4.78 is 0. The molecule has 0 aromatic heterocycles. The fourth-order valence-corrected chi connectivity index (χ4v) is 4.27. The zero-order valence-corrected chi connectivity index (χ0v) is 15.4. The van der Waals surface area contributed by atoms with E-state index in [0.29, 0.717) is 11.8 Å². The van der Waals surface area contributed by atoms with Gasteiger partial charge in [-0.2, -0.15) is 0 Å².